The van der Waals surface area contributed by atoms with Crippen molar-refractivity contribution in [2.75, 3.05) is 39.7 Å². The molecule has 0 radical (unpaired) electrons. The van der Waals surface area contributed by atoms with Gasteiger partial charge in [-0.2, -0.15) is 0 Å². The van der Waals surface area contributed by atoms with Crippen LogP contribution in [0.15, 0.2) is 42.5 Å². The summed E-state index contributed by atoms with van der Waals surface area (Å²) in [4.78, 5) is 37.9. The number of likely N-dealkylation sites (N-methyl/N-ethyl adjacent to an activating group) is 1. The van der Waals surface area contributed by atoms with Crippen LogP contribution in [0.4, 0.5) is 5.69 Å². The van der Waals surface area contributed by atoms with Crippen molar-refractivity contribution in [3.8, 4) is 11.5 Å². The van der Waals surface area contributed by atoms with Crippen molar-refractivity contribution in [2.24, 2.45) is 0 Å². The number of nitrogens with one attached hydrogen (secondary N) is 1. The van der Waals surface area contributed by atoms with Crippen LogP contribution in [0.25, 0.3) is 0 Å². The van der Waals surface area contributed by atoms with E-state index in [2.05, 4.69) is 5.32 Å². The number of anilines is 1. The number of carbonyl (C=O) groups excluding carboxylic acids is 3. The Kier molecular flexibility index (Phi) is 7.59. The van der Waals surface area contributed by atoms with Gasteiger partial charge in [0.15, 0.2) is 6.61 Å². The zero-order chi connectivity index (χ0) is 21.4. The molecular formula is C21H24N2O6. The van der Waals surface area contributed by atoms with Crippen LogP contribution in [-0.4, -0.2) is 57.1 Å². The zero-order valence-electron chi connectivity index (χ0n) is 16.9. The van der Waals surface area contributed by atoms with E-state index in [9.17, 15) is 14.4 Å². The van der Waals surface area contributed by atoms with Crippen LogP contribution in [0.1, 0.15) is 15.9 Å². The van der Waals surface area contributed by atoms with Gasteiger partial charge < -0.3 is 24.4 Å². The Balaban J connectivity index is 1.90. The molecule has 29 heavy (non-hydrogen) atoms. The molecule has 0 saturated carbocycles. The molecule has 0 fully saturated rings. The molecule has 154 valence electrons. The maximum atomic E-state index is 12.4. The van der Waals surface area contributed by atoms with Crippen LogP contribution in [0.3, 0.4) is 0 Å². The Morgan fingerprint density at radius 2 is 1.55 bits per heavy atom. The number of hydrogen-bond donors (Lipinski definition) is 1. The van der Waals surface area contributed by atoms with Crippen molar-refractivity contribution in [3.63, 3.8) is 0 Å². The lowest BCUT2D eigenvalue weighted by Gasteiger charge is -2.17. The average molecular weight is 400 g/mol. The van der Waals surface area contributed by atoms with E-state index in [0.717, 1.165) is 5.56 Å². The van der Waals surface area contributed by atoms with Gasteiger partial charge in [0.1, 0.15) is 17.1 Å². The Bertz CT molecular complexity index is 857. The summed E-state index contributed by atoms with van der Waals surface area (Å²) in [5.41, 5.74) is 1.80. The second-order valence-corrected chi connectivity index (χ2v) is 6.28. The predicted molar refractivity (Wildman–Crippen MR) is 107 cm³/mol. The summed E-state index contributed by atoms with van der Waals surface area (Å²) in [7, 11) is 4.28. The van der Waals surface area contributed by atoms with E-state index in [4.69, 9.17) is 14.2 Å². The third kappa shape index (κ3) is 5.97. The molecule has 1 N–H and O–H groups in total. The summed E-state index contributed by atoms with van der Waals surface area (Å²) in [5, 5.41) is 2.70. The number of aryl methyl sites for hydroxylation is 1. The lowest BCUT2D eigenvalue weighted by Crippen LogP contribution is -2.37. The monoisotopic (exact) mass is 400 g/mol. The highest BCUT2D eigenvalue weighted by molar-refractivity contribution is 5.97. The number of methoxy groups -OCH3 is 2. The highest BCUT2D eigenvalue weighted by Gasteiger charge is 2.22. The number of rotatable bonds is 8. The topological polar surface area (TPSA) is 94.2 Å². The van der Waals surface area contributed by atoms with E-state index in [1.54, 1.807) is 30.3 Å². The SMILES string of the molecule is COc1cccc(OC)c1C(=O)OCC(=O)N(C)CC(=O)Nc1ccc(C)cc1. The molecule has 8 heteroatoms. The smallest absolute Gasteiger partial charge is 0.346 e. The molecule has 0 saturated heterocycles. The van der Waals surface area contributed by atoms with E-state index in [1.165, 1.54) is 26.2 Å². The number of carbonyl (C=O) groups is 3. The molecule has 0 aliphatic heterocycles. The van der Waals surface area contributed by atoms with Gasteiger partial charge in [-0.25, -0.2) is 4.79 Å². The van der Waals surface area contributed by atoms with Gasteiger partial charge in [0.05, 0.1) is 20.8 Å². The Hall–Kier alpha value is -3.55. The molecular weight excluding hydrogens is 376 g/mol. The highest BCUT2D eigenvalue weighted by atomic mass is 16.5. The first-order chi connectivity index (χ1) is 13.8. The second kappa shape index (κ2) is 10.1. The fraction of sp³-hybridized carbons (Fsp3) is 0.286. The summed E-state index contributed by atoms with van der Waals surface area (Å²) >= 11 is 0. The van der Waals surface area contributed by atoms with Gasteiger partial charge >= 0.3 is 5.97 Å². The van der Waals surface area contributed by atoms with Crippen molar-refractivity contribution in [2.45, 2.75) is 6.92 Å². The van der Waals surface area contributed by atoms with Crippen LogP contribution in [0, 0.1) is 6.92 Å². The molecule has 0 aliphatic rings. The summed E-state index contributed by atoms with van der Waals surface area (Å²) in [6, 6.07) is 12.1. The van der Waals surface area contributed by atoms with Crippen LogP contribution in [-0.2, 0) is 14.3 Å². The Morgan fingerprint density at radius 1 is 0.966 bits per heavy atom. The van der Waals surface area contributed by atoms with Gasteiger partial charge in [0.2, 0.25) is 5.91 Å². The molecule has 2 amide bonds. The molecule has 2 aromatic carbocycles. The van der Waals surface area contributed by atoms with Gasteiger partial charge in [-0.1, -0.05) is 23.8 Å². The molecule has 8 nitrogen and oxygen atoms in total. The van der Waals surface area contributed by atoms with Crippen molar-refractivity contribution in [1.82, 2.24) is 4.90 Å². The summed E-state index contributed by atoms with van der Waals surface area (Å²) in [6.45, 7) is 1.25. The molecule has 0 unspecified atom stereocenters. The minimum absolute atomic E-state index is 0.0880. The standard InChI is InChI=1S/C21H24N2O6/c1-14-8-10-15(11-9-14)22-18(24)12-23(2)19(25)13-29-21(26)20-16(27-3)6-5-7-17(20)28-4/h5-11H,12-13H2,1-4H3,(H,22,24). The normalized spacial score (nSPS) is 10.1. The van der Waals surface area contributed by atoms with Gasteiger partial charge in [-0.15, -0.1) is 0 Å². The second-order valence-electron chi connectivity index (χ2n) is 6.28. The third-order valence-corrected chi connectivity index (χ3v) is 4.10. The maximum absolute atomic E-state index is 12.4. The Morgan fingerprint density at radius 3 is 2.10 bits per heavy atom. The van der Waals surface area contributed by atoms with Gasteiger partial charge in [0, 0.05) is 12.7 Å². The number of esters is 1. The zero-order valence-corrected chi connectivity index (χ0v) is 16.9. The molecule has 0 aromatic heterocycles. The van der Waals surface area contributed by atoms with E-state index < -0.39 is 18.5 Å². The number of amides is 2. The van der Waals surface area contributed by atoms with Crippen molar-refractivity contribution >= 4 is 23.5 Å². The average Bonchev–Trinajstić information content (AvgIpc) is 2.72. The summed E-state index contributed by atoms with van der Waals surface area (Å²) in [5.74, 6) is -1.10. The fourth-order valence-electron chi connectivity index (χ4n) is 2.50. The molecule has 0 atom stereocenters. The van der Waals surface area contributed by atoms with Crippen LogP contribution < -0.4 is 14.8 Å². The lowest BCUT2D eigenvalue weighted by atomic mass is 10.2. The molecule has 0 spiro atoms. The number of ether oxygens (including phenoxy) is 3. The third-order valence-electron chi connectivity index (χ3n) is 4.10. The summed E-state index contributed by atoms with van der Waals surface area (Å²) in [6.07, 6.45) is 0. The van der Waals surface area contributed by atoms with Gasteiger partial charge in [-0.05, 0) is 31.2 Å². The first-order valence-corrected chi connectivity index (χ1v) is 8.84. The van der Waals surface area contributed by atoms with E-state index >= 15 is 0 Å². The van der Waals surface area contributed by atoms with Crippen molar-refractivity contribution < 1.29 is 28.6 Å². The first-order valence-electron chi connectivity index (χ1n) is 8.84. The fourth-order valence-corrected chi connectivity index (χ4v) is 2.50. The predicted octanol–water partition coefficient (Wildman–Crippen LogP) is 2.27. The van der Waals surface area contributed by atoms with Crippen LogP contribution in [0.2, 0.25) is 0 Å². The number of hydrogen-bond acceptors (Lipinski definition) is 6. The lowest BCUT2D eigenvalue weighted by molar-refractivity contribution is -0.136. The minimum atomic E-state index is -0.759. The quantitative estimate of drug-likeness (QED) is 0.683. The number of benzene rings is 2. The minimum Gasteiger partial charge on any atom is -0.496 e. The van der Waals surface area contributed by atoms with E-state index in [-0.39, 0.29) is 29.5 Å². The number of nitrogens with zero attached hydrogens (tertiary/aromatic N) is 1. The molecule has 0 aliphatic carbocycles. The van der Waals surface area contributed by atoms with Crippen molar-refractivity contribution in [3.05, 3.63) is 53.6 Å². The van der Waals surface area contributed by atoms with Crippen LogP contribution in [0.5, 0.6) is 11.5 Å². The van der Waals surface area contributed by atoms with Gasteiger partial charge in [0.25, 0.3) is 5.91 Å². The molecule has 2 aromatic rings. The summed E-state index contributed by atoms with van der Waals surface area (Å²) < 4.78 is 15.4. The Labute approximate surface area is 169 Å². The molecule has 0 bridgehead atoms. The molecule has 0 heterocycles. The van der Waals surface area contributed by atoms with E-state index in [1.807, 2.05) is 19.1 Å². The first kappa shape index (κ1) is 21.7. The highest BCUT2D eigenvalue weighted by Crippen LogP contribution is 2.28. The van der Waals surface area contributed by atoms with Crippen molar-refractivity contribution in [1.29, 1.82) is 0 Å². The largest absolute Gasteiger partial charge is 0.496 e. The van der Waals surface area contributed by atoms with Gasteiger partial charge in [-0.3, -0.25) is 9.59 Å². The van der Waals surface area contributed by atoms with Crippen LogP contribution >= 0.6 is 0 Å². The maximum Gasteiger partial charge on any atom is 0.346 e. The molecule has 2 rings (SSSR count). The van der Waals surface area contributed by atoms with E-state index in [0.29, 0.717) is 5.69 Å².